The van der Waals surface area contributed by atoms with Gasteiger partial charge in [0.1, 0.15) is 5.82 Å². The highest BCUT2D eigenvalue weighted by Crippen LogP contribution is 2.45. The second kappa shape index (κ2) is 11.2. The molecule has 7 nitrogen and oxygen atoms in total. The zero-order chi connectivity index (χ0) is 28.4. The Morgan fingerprint density at radius 1 is 1.13 bits per heavy atom. The van der Waals surface area contributed by atoms with Gasteiger partial charge in [-0.1, -0.05) is 19.1 Å². The van der Waals surface area contributed by atoms with Crippen molar-refractivity contribution in [1.82, 2.24) is 14.5 Å². The van der Waals surface area contributed by atoms with Crippen LogP contribution in [0.15, 0.2) is 65.7 Å². The van der Waals surface area contributed by atoms with Gasteiger partial charge < -0.3 is 15.2 Å². The number of halogens is 4. The Kier molecular flexibility index (Phi) is 8.17. The van der Waals surface area contributed by atoms with E-state index in [1.807, 2.05) is 0 Å². The van der Waals surface area contributed by atoms with Crippen LogP contribution >= 0.6 is 11.8 Å². The van der Waals surface area contributed by atoms with E-state index in [1.165, 1.54) is 54.4 Å². The lowest BCUT2D eigenvalue weighted by molar-refractivity contribution is -0.256. The molecule has 4 aromatic rings. The molecule has 2 atom stereocenters. The SMILES string of the molecule is CCSCC(O)(C(Nc1cccc2c1ccc(=O)n2-c1cnc(C)nc1)c1ccc(OC)c(F)c1)C(F)(F)F. The second-order valence-electron chi connectivity index (χ2n) is 8.76. The molecule has 4 rings (SSSR count). The van der Waals surface area contributed by atoms with Gasteiger partial charge in [-0.05, 0) is 48.6 Å². The first kappa shape index (κ1) is 28.4. The lowest BCUT2D eigenvalue weighted by Gasteiger charge is -2.39. The maximum absolute atomic E-state index is 14.7. The van der Waals surface area contributed by atoms with Gasteiger partial charge >= 0.3 is 6.18 Å². The first-order chi connectivity index (χ1) is 18.5. The number of ether oxygens (including phenoxy) is 1. The summed E-state index contributed by atoms with van der Waals surface area (Å²) in [5.41, 5.74) is -2.88. The van der Waals surface area contributed by atoms with Crippen LogP contribution in [0, 0.1) is 12.7 Å². The highest BCUT2D eigenvalue weighted by atomic mass is 32.2. The molecule has 12 heteroatoms. The minimum atomic E-state index is -5.07. The molecular weight excluding hydrogens is 536 g/mol. The average Bonchev–Trinajstić information content (AvgIpc) is 2.90. The molecule has 39 heavy (non-hydrogen) atoms. The van der Waals surface area contributed by atoms with Crippen molar-refractivity contribution in [3.05, 3.63) is 88.5 Å². The van der Waals surface area contributed by atoms with Gasteiger partial charge in [-0.2, -0.15) is 24.9 Å². The third kappa shape index (κ3) is 5.57. The number of nitrogens with one attached hydrogen (secondary N) is 1. The number of alkyl halides is 3. The molecule has 2 aromatic heterocycles. The van der Waals surface area contributed by atoms with Gasteiger partial charge in [0.2, 0.25) is 0 Å². The van der Waals surface area contributed by atoms with Crippen LogP contribution in [0.5, 0.6) is 5.75 Å². The second-order valence-corrected chi connectivity index (χ2v) is 10.0. The summed E-state index contributed by atoms with van der Waals surface area (Å²) in [5, 5.41) is 14.4. The van der Waals surface area contributed by atoms with Crippen molar-refractivity contribution in [2.75, 3.05) is 23.9 Å². The van der Waals surface area contributed by atoms with Crippen molar-refractivity contribution in [2.24, 2.45) is 0 Å². The molecule has 2 aromatic carbocycles. The van der Waals surface area contributed by atoms with Crippen LogP contribution in [-0.2, 0) is 0 Å². The van der Waals surface area contributed by atoms with E-state index in [2.05, 4.69) is 15.3 Å². The van der Waals surface area contributed by atoms with Crippen LogP contribution < -0.4 is 15.6 Å². The maximum Gasteiger partial charge on any atom is 0.420 e. The Morgan fingerprint density at radius 3 is 2.46 bits per heavy atom. The van der Waals surface area contributed by atoms with E-state index in [9.17, 15) is 27.5 Å². The first-order valence-corrected chi connectivity index (χ1v) is 13.1. The van der Waals surface area contributed by atoms with E-state index in [4.69, 9.17) is 4.74 Å². The molecule has 0 aliphatic rings. The van der Waals surface area contributed by atoms with Crippen LogP contribution in [-0.4, -0.2) is 50.0 Å². The van der Waals surface area contributed by atoms with Crippen molar-refractivity contribution in [1.29, 1.82) is 0 Å². The number of rotatable bonds is 9. The summed E-state index contributed by atoms with van der Waals surface area (Å²) in [4.78, 5) is 21.1. The molecule has 0 amide bonds. The summed E-state index contributed by atoms with van der Waals surface area (Å²) in [7, 11) is 1.24. The van der Waals surface area contributed by atoms with Crippen molar-refractivity contribution in [3.8, 4) is 11.4 Å². The zero-order valence-electron chi connectivity index (χ0n) is 21.3. The lowest BCUT2D eigenvalue weighted by Crippen LogP contribution is -2.54. The van der Waals surface area contributed by atoms with Gasteiger partial charge in [0.15, 0.2) is 17.2 Å². The van der Waals surface area contributed by atoms with Gasteiger partial charge in [0, 0.05) is 22.9 Å². The highest BCUT2D eigenvalue weighted by Gasteiger charge is 2.59. The van der Waals surface area contributed by atoms with Crippen LogP contribution in [0.2, 0.25) is 0 Å². The van der Waals surface area contributed by atoms with Crippen LogP contribution in [0.3, 0.4) is 0 Å². The van der Waals surface area contributed by atoms with Gasteiger partial charge in [-0.25, -0.2) is 14.4 Å². The molecule has 2 heterocycles. The first-order valence-electron chi connectivity index (χ1n) is 11.9. The van der Waals surface area contributed by atoms with Gasteiger partial charge in [-0.15, -0.1) is 0 Å². The average molecular weight is 563 g/mol. The van der Waals surface area contributed by atoms with Gasteiger partial charge in [0.05, 0.1) is 36.7 Å². The fraction of sp³-hybridized carbons (Fsp3) is 0.296. The van der Waals surface area contributed by atoms with Gasteiger partial charge in [-0.3, -0.25) is 9.36 Å². The number of anilines is 1. The number of aromatic nitrogens is 3. The predicted molar refractivity (Wildman–Crippen MR) is 143 cm³/mol. The monoisotopic (exact) mass is 562 g/mol. The topological polar surface area (TPSA) is 89.3 Å². The normalized spacial score (nSPS) is 14.2. The van der Waals surface area contributed by atoms with E-state index in [0.29, 0.717) is 28.2 Å². The zero-order valence-corrected chi connectivity index (χ0v) is 22.1. The third-order valence-corrected chi connectivity index (χ3v) is 7.32. The van der Waals surface area contributed by atoms with E-state index >= 15 is 0 Å². The molecule has 0 bridgehead atoms. The minimum Gasteiger partial charge on any atom is -0.494 e. The van der Waals surface area contributed by atoms with E-state index in [1.54, 1.807) is 26.0 Å². The molecule has 0 radical (unpaired) electrons. The molecule has 2 N–H and O–H groups in total. The smallest absolute Gasteiger partial charge is 0.420 e. The standard InChI is InChI=1S/C27H26F4N4O3S/c1-4-39-15-26(37,27(29,30)31)25(17-8-10-23(38-3)20(28)12-17)34-21-6-5-7-22-19(21)9-11-24(36)35(22)18-13-32-16(2)33-14-18/h5-14,25,34,37H,4,15H2,1-3H3. The maximum atomic E-state index is 14.7. The number of methoxy groups -OCH3 is 1. The Hall–Kier alpha value is -3.64. The molecule has 0 fully saturated rings. The largest absolute Gasteiger partial charge is 0.494 e. The molecule has 0 aliphatic heterocycles. The number of fused-ring (bicyclic) bond motifs is 1. The van der Waals surface area contributed by atoms with Crippen molar-refractivity contribution in [2.45, 2.75) is 31.7 Å². The van der Waals surface area contributed by atoms with E-state index < -0.39 is 34.9 Å². The number of nitrogens with zero attached hydrogens (tertiary/aromatic N) is 3. The number of aryl methyl sites for hydroxylation is 1. The Balaban J connectivity index is 1.91. The summed E-state index contributed by atoms with van der Waals surface area (Å²) >= 11 is 0.906. The quantitative estimate of drug-likeness (QED) is 0.263. The van der Waals surface area contributed by atoms with Crippen molar-refractivity contribution >= 4 is 28.4 Å². The minimum absolute atomic E-state index is 0.137. The summed E-state index contributed by atoms with van der Waals surface area (Å²) in [6.45, 7) is 3.37. The number of aliphatic hydroxyl groups is 1. The Labute approximate surface area is 225 Å². The summed E-state index contributed by atoms with van der Waals surface area (Å²) < 4.78 is 64.5. The number of thioether (sulfide) groups is 1. The molecule has 206 valence electrons. The van der Waals surface area contributed by atoms with Crippen LogP contribution in [0.1, 0.15) is 24.4 Å². The molecule has 0 saturated heterocycles. The number of hydrogen-bond acceptors (Lipinski definition) is 7. The number of pyridine rings is 1. The number of benzene rings is 2. The summed E-state index contributed by atoms with van der Waals surface area (Å²) in [6, 6.07) is 9.06. The van der Waals surface area contributed by atoms with E-state index in [-0.39, 0.29) is 17.0 Å². The summed E-state index contributed by atoms with van der Waals surface area (Å²) in [5.74, 6) is -0.901. The molecule has 0 saturated carbocycles. The van der Waals surface area contributed by atoms with Crippen LogP contribution in [0.4, 0.5) is 23.2 Å². The predicted octanol–water partition coefficient (Wildman–Crippen LogP) is 5.44. The Bertz CT molecular complexity index is 1530. The highest BCUT2D eigenvalue weighted by molar-refractivity contribution is 7.99. The summed E-state index contributed by atoms with van der Waals surface area (Å²) in [6.07, 6.45) is -2.14. The molecule has 0 aliphatic carbocycles. The van der Waals surface area contributed by atoms with Crippen LogP contribution in [0.25, 0.3) is 16.6 Å². The third-order valence-electron chi connectivity index (χ3n) is 6.27. The Morgan fingerprint density at radius 2 is 1.85 bits per heavy atom. The van der Waals surface area contributed by atoms with Crippen molar-refractivity contribution < 1.29 is 27.4 Å². The number of hydrogen-bond donors (Lipinski definition) is 2. The molecule has 0 spiro atoms. The fourth-order valence-corrected chi connectivity index (χ4v) is 5.09. The fourth-order valence-electron chi connectivity index (χ4n) is 4.25. The molecule has 2 unspecified atom stereocenters. The lowest BCUT2D eigenvalue weighted by atomic mass is 9.88. The van der Waals surface area contributed by atoms with Gasteiger partial charge in [0.25, 0.3) is 5.56 Å². The molecular formula is C27H26F4N4O3S. The van der Waals surface area contributed by atoms with Crippen molar-refractivity contribution in [3.63, 3.8) is 0 Å². The van der Waals surface area contributed by atoms with E-state index in [0.717, 1.165) is 17.8 Å².